The van der Waals surface area contributed by atoms with Gasteiger partial charge in [-0.15, -0.1) is 0 Å². The van der Waals surface area contributed by atoms with Crippen molar-refractivity contribution in [3.8, 4) is 44.6 Å². The van der Waals surface area contributed by atoms with Crippen LogP contribution in [0.2, 0.25) is 0 Å². The zero-order chi connectivity index (χ0) is 28.4. The summed E-state index contributed by atoms with van der Waals surface area (Å²) in [6.07, 6.45) is 1.56. The zero-order valence-corrected chi connectivity index (χ0v) is 22.0. The number of hydrogen-bond donors (Lipinski definition) is 0. The van der Waals surface area contributed by atoms with Gasteiger partial charge in [-0.2, -0.15) is 0 Å². The Balaban J connectivity index is 1.76. The molecule has 0 spiro atoms. The van der Waals surface area contributed by atoms with Crippen molar-refractivity contribution in [3.05, 3.63) is 126 Å². The number of pyridine rings is 1. The first-order valence-electron chi connectivity index (χ1n) is 14.5. The molecule has 1 nitrogen and oxygen atoms in total. The van der Waals surface area contributed by atoms with Gasteiger partial charge in [0, 0.05) is 15.9 Å². The van der Waals surface area contributed by atoms with Gasteiger partial charge in [0.1, 0.15) is 0 Å². The minimum Gasteiger partial charge on any atom is -0.256 e. The maximum atomic E-state index is 8.41. The van der Waals surface area contributed by atoms with Gasteiger partial charge in [0.15, 0.2) is 0 Å². The molecular weight excluding hydrogens is 446 g/mol. The van der Waals surface area contributed by atoms with E-state index in [1.54, 1.807) is 6.20 Å². The number of benzene rings is 4. The lowest BCUT2D eigenvalue weighted by Crippen LogP contribution is -2.03. The largest absolute Gasteiger partial charge is 0.256 e. The third kappa shape index (κ3) is 5.13. The monoisotopic (exact) mass is 484 g/mol. The van der Waals surface area contributed by atoms with Crippen LogP contribution in [0.4, 0.5) is 0 Å². The number of hydrogen-bond acceptors (Lipinski definition) is 1. The van der Waals surface area contributed by atoms with E-state index in [0.29, 0.717) is 0 Å². The van der Waals surface area contributed by atoms with E-state index in [1.807, 2.05) is 42.5 Å². The van der Waals surface area contributed by atoms with Crippen molar-refractivity contribution in [2.75, 3.05) is 0 Å². The summed E-state index contributed by atoms with van der Waals surface area (Å²) in [5.74, 6) is 0.386. The van der Waals surface area contributed by atoms with Crippen molar-refractivity contribution in [2.45, 2.75) is 46.4 Å². The van der Waals surface area contributed by atoms with Crippen molar-refractivity contribution in [3.63, 3.8) is 0 Å². The molecule has 5 rings (SSSR count). The van der Waals surface area contributed by atoms with Crippen molar-refractivity contribution in [1.29, 1.82) is 0 Å². The predicted octanol–water partition coefficient (Wildman–Crippen LogP) is 10.3. The Labute approximate surface area is 226 Å². The summed E-state index contributed by atoms with van der Waals surface area (Å²) in [6, 6.07) is 35.4. The van der Waals surface area contributed by atoms with Crippen molar-refractivity contribution < 1.29 is 4.11 Å². The van der Waals surface area contributed by atoms with Crippen LogP contribution >= 0.6 is 0 Å². The van der Waals surface area contributed by atoms with E-state index in [2.05, 4.69) is 88.4 Å². The van der Waals surface area contributed by atoms with Crippen LogP contribution in [0.3, 0.4) is 0 Å². The van der Waals surface area contributed by atoms with Gasteiger partial charge < -0.3 is 0 Å². The van der Waals surface area contributed by atoms with Gasteiger partial charge in [-0.1, -0.05) is 119 Å². The Morgan fingerprint density at radius 1 is 0.568 bits per heavy atom. The molecule has 184 valence electrons. The molecule has 0 unspecified atom stereocenters. The first-order valence-corrected chi connectivity index (χ1v) is 13.0. The predicted molar refractivity (Wildman–Crippen MR) is 159 cm³/mol. The number of aromatic nitrogens is 1. The normalized spacial score (nSPS) is 12.9. The van der Waals surface area contributed by atoms with Gasteiger partial charge >= 0.3 is 0 Å². The molecule has 1 heterocycles. The van der Waals surface area contributed by atoms with Gasteiger partial charge in [-0.05, 0) is 80.9 Å². The summed E-state index contributed by atoms with van der Waals surface area (Å²) in [6.45, 7) is 6.42. The van der Waals surface area contributed by atoms with Crippen molar-refractivity contribution in [1.82, 2.24) is 4.98 Å². The van der Waals surface area contributed by atoms with E-state index in [-0.39, 0.29) is 17.4 Å². The lowest BCUT2D eigenvalue weighted by Gasteiger charge is -2.23. The molecule has 1 aromatic heterocycles. The molecule has 1 heteroatoms. The fourth-order valence-electron chi connectivity index (χ4n) is 5.02. The van der Waals surface area contributed by atoms with E-state index in [0.717, 1.165) is 55.8 Å². The average molecular weight is 485 g/mol. The lowest BCUT2D eigenvalue weighted by molar-refractivity contribution is 0.838. The average Bonchev–Trinajstić information content (AvgIpc) is 2.96. The molecule has 0 N–H and O–H groups in total. The fourth-order valence-corrected chi connectivity index (χ4v) is 5.02. The molecule has 0 atom stereocenters. The third-order valence-electron chi connectivity index (χ3n) is 6.99. The van der Waals surface area contributed by atoms with Crippen LogP contribution < -0.4 is 0 Å². The summed E-state index contributed by atoms with van der Waals surface area (Å²) in [5.41, 5.74) is 10.6. The standard InChI is InChI=1S/C36H35N/c1-24(2)32-20-31(28-15-10-7-11-16-28)21-33(25(3)4)36(32)34-22-35(37-23-26(34)5)30-18-12-17-29(19-30)27-13-8-6-9-14-27/h6-25H,1-5H3/i5D3. The maximum absolute atomic E-state index is 8.41. The van der Waals surface area contributed by atoms with Crippen LogP contribution in [0.15, 0.2) is 109 Å². The highest BCUT2D eigenvalue weighted by molar-refractivity contribution is 5.82. The van der Waals surface area contributed by atoms with E-state index >= 15 is 0 Å². The molecule has 37 heavy (non-hydrogen) atoms. The Morgan fingerprint density at radius 2 is 1.11 bits per heavy atom. The van der Waals surface area contributed by atoms with Crippen LogP contribution in [0.1, 0.15) is 60.3 Å². The van der Waals surface area contributed by atoms with Gasteiger partial charge in [0.25, 0.3) is 0 Å². The SMILES string of the molecule is [2H]C([2H])([2H])c1cnc(-c2cccc(-c3ccccc3)c2)cc1-c1c(C(C)C)cc(-c2ccccc2)cc1C(C)C. The van der Waals surface area contributed by atoms with Gasteiger partial charge in [0.05, 0.1) is 5.69 Å². The molecule has 0 fully saturated rings. The Hall–Kier alpha value is -3.97. The second-order valence-corrected chi connectivity index (χ2v) is 10.3. The Kier molecular flexibility index (Phi) is 6.04. The van der Waals surface area contributed by atoms with Crippen LogP contribution in [0.25, 0.3) is 44.6 Å². The first-order chi connectivity index (χ1) is 19.1. The molecule has 0 saturated carbocycles. The number of nitrogens with zero attached hydrogens (tertiary/aromatic N) is 1. The van der Waals surface area contributed by atoms with Crippen LogP contribution in [0, 0.1) is 6.85 Å². The minimum absolute atomic E-state index is 0.193. The van der Waals surface area contributed by atoms with Crippen LogP contribution in [-0.2, 0) is 0 Å². The quantitative estimate of drug-likeness (QED) is 0.233. The number of aryl methyl sites for hydroxylation is 1. The van der Waals surface area contributed by atoms with Crippen molar-refractivity contribution in [2.24, 2.45) is 0 Å². The second kappa shape index (κ2) is 10.6. The fraction of sp³-hybridized carbons (Fsp3) is 0.194. The second-order valence-electron chi connectivity index (χ2n) is 10.3. The molecule has 0 saturated heterocycles. The Morgan fingerprint density at radius 3 is 1.68 bits per heavy atom. The molecule has 4 aromatic carbocycles. The van der Waals surface area contributed by atoms with Crippen LogP contribution in [0.5, 0.6) is 0 Å². The highest BCUT2D eigenvalue weighted by atomic mass is 14.7. The highest BCUT2D eigenvalue weighted by Gasteiger charge is 2.20. The smallest absolute Gasteiger partial charge is 0.0708 e. The van der Waals surface area contributed by atoms with Gasteiger partial charge in [-0.25, -0.2) is 0 Å². The minimum atomic E-state index is -2.30. The molecule has 0 bridgehead atoms. The molecule has 0 radical (unpaired) electrons. The molecule has 0 aliphatic rings. The van der Waals surface area contributed by atoms with E-state index in [9.17, 15) is 0 Å². The molecule has 0 aliphatic carbocycles. The van der Waals surface area contributed by atoms with E-state index in [1.165, 1.54) is 0 Å². The summed E-state index contributed by atoms with van der Waals surface area (Å²) < 4.78 is 25.2. The van der Waals surface area contributed by atoms with Gasteiger partial charge in [-0.3, -0.25) is 4.98 Å². The van der Waals surface area contributed by atoms with Crippen molar-refractivity contribution >= 4 is 0 Å². The molecule has 0 aliphatic heterocycles. The number of rotatable bonds is 6. The zero-order valence-electron chi connectivity index (χ0n) is 25.0. The lowest BCUT2D eigenvalue weighted by atomic mass is 9.81. The summed E-state index contributed by atoms with van der Waals surface area (Å²) in [5, 5.41) is 0. The molecule has 5 aromatic rings. The van der Waals surface area contributed by atoms with E-state index < -0.39 is 6.85 Å². The Bertz CT molecular complexity index is 1590. The molecular formula is C36H35N. The van der Waals surface area contributed by atoms with Gasteiger partial charge in [0.2, 0.25) is 0 Å². The first kappa shape index (κ1) is 21.1. The summed E-state index contributed by atoms with van der Waals surface area (Å²) >= 11 is 0. The molecule has 0 amide bonds. The summed E-state index contributed by atoms with van der Waals surface area (Å²) in [4.78, 5) is 4.69. The van der Waals surface area contributed by atoms with Crippen LogP contribution in [-0.4, -0.2) is 4.98 Å². The summed E-state index contributed by atoms with van der Waals surface area (Å²) in [7, 11) is 0. The van der Waals surface area contributed by atoms with E-state index in [4.69, 9.17) is 9.10 Å². The maximum Gasteiger partial charge on any atom is 0.0708 e. The third-order valence-corrected chi connectivity index (χ3v) is 6.99. The highest BCUT2D eigenvalue weighted by Crippen LogP contribution is 2.41. The topological polar surface area (TPSA) is 12.9 Å².